The van der Waals surface area contributed by atoms with Gasteiger partial charge in [0.1, 0.15) is 5.82 Å². The number of fused-ring (bicyclic) bond motifs is 5. The number of benzene rings is 7. The van der Waals surface area contributed by atoms with Crippen molar-refractivity contribution in [1.29, 1.82) is 0 Å². The van der Waals surface area contributed by atoms with Crippen LogP contribution in [0.2, 0.25) is 0 Å². The fourth-order valence-electron chi connectivity index (χ4n) is 7.43. The van der Waals surface area contributed by atoms with Gasteiger partial charge in [-0.2, -0.15) is 0 Å². The van der Waals surface area contributed by atoms with E-state index in [9.17, 15) is 0 Å². The largest absolute Gasteiger partial charge is 0.317 e. The molecule has 0 saturated carbocycles. The van der Waals surface area contributed by atoms with Crippen molar-refractivity contribution in [3.05, 3.63) is 169 Å². The molecule has 0 spiro atoms. The van der Waals surface area contributed by atoms with Gasteiger partial charge < -0.3 is 9.47 Å². The van der Waals surface area contributed by atoms with Crippen LogP contribution in [0.4, 0.5) is 11.4 Å². The zero-order valence-electron chi connectivity index (χ0n) is 25.5. The van der Waals surface area contributed by atoms with E-state index in [2.05, 4.69) is 178 Å². The van der Waals surface area contributed by atoms with Gasteiger partial charge in [0.05, 0.1) is 27.8 Å². The highest BCUT2D eigenvalue weighted by Crippen LogP contribution is 2.45. The average Bonchev–Trinajstić information content (AvgIpc) is 3.69. The summed E-state index contributed by atoms with van der Waals surface area (Å²) < 4.78 is 4.67. The third kappa shape index (κ3) is 3.85. The van der Waals surface area contributed by atoms with E-state index in [1.54, 1.807) is 0 Å². The van der Waals surface area contributed by atoms with Gasteiger partial charge in [0.25, 0.3) is 0 Å². The highest BCUT2D eigenvalue weighted by molar-refractivity contribution is 6.22. The normalized spacial score (nSPS) is 12.6. The second kappa shape index (κ2) is 10.1. The maximum atomic E-state index is 5.10. The molecule has 9 aromatic rings. The lowest BCUT2D eigenvalue weighted by Gasteiger charge is -2.27. The molecule has 1 aliphatic rings. The van der Waals surface area contributed by atoms with E-state index in [0.717, 1.165) is 39.5 Å². The van der Waals surface area contributed by atoms with Crippen LogP contribution in [0.5, 0.6) is 0 Å². The summed E-state index contributed by atoms with van der Waals surface area (Å²) in [5, 5.41) is 5.04. The summed E-state index contributed by atoms with van der Waals surface area (Å²) in [5.41, 5.74) is 11.4. The number of aromatic nitrogens is 3. The summed E-state index contributed by atoms with van der Waals surface area (Å²) in [5.74, 6) is 0.933. The second-order valence-corrected chi connectivity index (χ2v) is 12.1. The molecule has 0 atom stereocenters. The monoisotopic (exact) mass is 600 g/mol. The van der Waals surface area contributed by atoms with E-state index in [4.69, 9.17) is 4.98 Å². The van der Waals surface area contributed by atoms with Gasteiger partial charge >= 0.3 is 0 Å². The number of hydrogen-bond acceptors (Lipinski definition) is 2. The predicted molar refractivity (Wildman–Crippen MR) is 196 cm³/mol. The first-order valence-electron chi connectivity index (χ1n) is 16.0. The Morgan fingerprint density at radius 1 is 0.468 bits per heavy atom. The summed E-state index contributed by atoms with van der Waals surface area (Å²) >= 11 is 0. The van der Waals surface area contributed by atoms with Crippen molar-refractivity contribution < 1.29 is 0 Å². The molecule has 4 nitrogen and oxygen atoms in total. The van der Waals surface area contributed by atoms with Crippen LogP contribution >= 0.6 is 0 Å². The van der Waals surface area contributed by atoms with Gasteiger partial charge in [0.2, 0.25) is 0 Å². The smallest absolute Gasteiger partial charge is 0.145 e. The molecule has 1 aliphatic heterocycles. The lowest BCUT2D eigenvalue weighted by atomic mass is 9.94. The minimum atomic E-state index is 0.933. The topological polar surface area (TPSA) is 26.0 Å². The van der Waals surface area contributed by atoms with Crippen LogP contribution in [0.3, 0.4) is 0 Å². The molecule has 10 rings (SSSR count). The Hall–Kier alpha value is -6.39. The van der Waals surface area contributed by atoms with Gasteiger partial charge in [-0.05, 0) is 95.9 Å². The van der Waals surface area contributed by atoms with E-state index < -0.39 is 0 Å². The van der Waals surface area contributed by atoms with Crippen molar-refractivity contribution in [2.75, 3.05) is 4.90 Å². The highest BCUT2D eigenvalue weighted by atomic mass is 15.1. The Morgan fingerprint density at radius 2 is 1.15 bits per heavy atom. The molecule has 0 bridgehead atoms. The number of anilines is 2. The van der Waals surface area contributed by atoms with Crippen molar-refractivity contribution in [1.82, 2.24) is 14.1 Å². The molecule has 0 fully saturated rings. The highest BCUT2D eigenvalue weighted by Gasteiger charge is 2.23. The standard InChI is InChI=1S/C43H28N4/c1-3-13-31(14-4-1)45-27-26-35-41-30(12-11-21-39(41)45)28-40-42(35)34-17-7-9-19-37(34)46(40)33-24-22-29(23-25-33)43-44-36-18-8-10-20-38(36)47(43)32-15-5-2-6-16-32/h1-28H. The predicted octanol–water partition coefficient (Wildman–Crippen LogP) is 11.1. The van der Waals surface area contributed by atoms with Crippen molar-refractivity contribution in [3.8, 4) is 22.8 Å². The van der Waals surface area contributed by atoms with Gasteiger partial charge in [-0.25, -0.2) is 4.98 Å². The molecule has 0 amide bonds. The first-order chi connectivity index (χ1) is 23.3. The van der Waals surface area contributed by atoms with Crippen LogP contribution in [0.15, 0.2) is 164 Å². The number of nitrogens with zero attached hydrogens (tertiary/aromatic N) is 4. The van der Waals surface area contributed by atoms with Crippen molar-refractivity contribution in [2.24, 2.45) is 0 Å². The Bertz CT molecular complexity index is 2660. The van der Waals surface area contributed by atoms with E-state index in [0.29, 0.717) is 0 Å². The summed E-state index contributed by atoms with van der Waals surface area (Å²) in [6.07, 6.45) is 4.50. The molecule has 0 radical (unpaired) electrons. The number of rotatable bonds is 4. The van der Waals surface area contributed by atoms with Crippen LogP contribution in [0, 0.1) is 0 Å². The van der Waals surface area contributed by atoms with E-state index >= 15 is 0 Å². The van der Waals surface area contributed by atoms with E-state index in [1.807, 2.05) is 6.07 Å². The summed E-state index contributed by atoms with van der Waals surface area (Å²) in [7, 11) is 0. The van der Waals surface area contributed by atoms with E-state index in [-0.39, 0.29) is 0 Å². The van der Waals surface area contributed by atoms with Gasteiger partial charge in [-0.3, -0.25) is 4.57 Å². The van der Waals surface area contributed by atoms with Crippen LogP contribution in [-0.4, -0.2) is 14.1 Å². The lowest BCUT2D eigenvalue weighted by Crippen LogP contribution is -2.11. The molecule has 0 saturated heterocycles. The molecular weight excluding hydrogens is 573 g/mol. The molecular formula is C43H28N4. The molecule has 220 valence electrons. The van der Waals surface area contributed by atoms with Crippen molar-refractivity contribution >= 4 is 61.1 Å². The van der Waals surface area contributed by atoms with Crippen LogP contribution in [0.1, 0.15) is 5.56 Å². The Kier molecular flexibility index (Phi) is 5.54. The molecule has 0 N–H and O–H groups in total. The zero-order chi connectivity index (χ0) is 30.9. The minimum Gasteiger partial charge on any atom is -0.317 e. The Balaban J connectivity index is 1.17. The first kappa shape index (κ1) is 25.9. The first-order valence-corrected chi connectivity index (χ1v) is 16.0. The van der Waals surface area contributed by atoms with Crippen molar-refractivity contribution in [3.63, 3.8) is 0 Å². The third-order valence-corrected chi connectivity index (χ3v) is 9.46. The molecule has 0 aliphatic carbocycles. The van der Waals surface area contributed by atoms with Crippen LogP contribution < -0.4 is 4.90 Å². The molecule has 4 heteroatoms. The summed E-state index contributed by atoms with van der Waals surface area (Å²) in [4.78, 5) is 7.39. The number of hydrogen-bond donors (Lipinski definition) is 0. The fraction of sp³-hybridized carbons (Fsp3) is 0. The summed E-state index contributed by atoms with van der Waals surface area (Å²) in [6, 6.07) is 56.1. The fourth-order valence-corrected chi connectivity index (χ4v) is 7.43. The molecule has 2 aromatic heterocycles. The van der Waals surface area contributed by atoms with Gasteiger partial charge in [0, 0.05) is 45.0 Å². The third-order valence-electron chi connectivity index (χ3n) is 9.46. The van der Waals surface area contributed by atoms with Gasteiger partial charge in [-0.15, -0.1) is 0 Å². The van der Waals surface area contributed by atoms with E-state index in [1.165, 1.54) is 43.8 Å². The maximum Gasteiger partial charge on any atom is 0.145 e. The van der Waals surface area contributed by atoms with Gasteiger partial charge in [-0.1, -0.05) is 78.9 Å². The zero-order valence-corrected chi connectivity index (χ0v) is 25.5. The Morgan fingerprint density at radius 3 is 1.96 bits per heavy atom. The molecule has 7 aromatic carbocycles. The SMILES string of the molecule is C1=CN(c2ccccc2)c2cccc3cc4c(c1c23)c1ccccc1n4-c1ccc(-c2nc3ccccc3n2-c2ccccc2)cc1. The minimum absolute atomic E-state index is 0.933. The average molecular weight is 601 g/mol. The molecule has 0 unspecified atom stereocenters. The number of para-hydroxylation sites is 5. The molecule has 3 heterocycles. The number of imidazole rings is 1. The Labute approximate surface area is 271 Å². The quantitative estimate of drug-likeness (QED) is 0.201. The molecule has 47 heavy (non-hydrogen) atoms. The maximum absolute atomic E-state index is 5.10. The lowest BCUT2D eigenvalue weighted by molar-refractivity contribution is 1.10. The van der Waals surface area contributed by atoms with Crippen molar-refractivity contribution in [2.45, 2.75) is 0 Å². The second-order valence-electron chi connectivity index (χ2n) is 12.1. The summed E-state index contributed by atoms with van der Waals surface area (Å²) in [6.45, 7) is 0. The van der Waals surface area contributed by atoms with Crippen LogP contribution in [-0.2, 0) is 0 Å². The van der Waals surface area contributed by atoms with Gasteiger partial charge in [0.15, 0.2) is 0 Å². The van der Waals surface area contributed by atoms with Crippen LogP contribution in [0.25, 0.3) is 72.5 Å².